The van der Waals surface area contributed by atoms with Crippen LogP contribution in [0.15, 0.2) is 21.2 Å². The van der Waals surface area contributed by atoms with E-state index in [4.69, 9.17) is 16.7 Å². The minimum Gasteiger partial charge on any atom is -0.481 e. The standard InChI is InChI=1S/C9H10BrClO2/c1-5-7(10)3-6(11)4-9(5,2)8(12)13/h3H,4H2,1-2H3,(H,12,13). The molecule has 0 saturated heterocycles. The Balaban J connectivity index is 3.20. The molecule has 0 aromatic carbocycles. The quantitative estimate of drug-likeness (QED) is 0.790. The molecule has 1 N–H and O–H groups in total. The normalized spacial score (nSPS) is 28.8. The van der Waals surface area contributed by atoms with Gasteiger partial charge in [0, 0.05) is 15.9 Å². The Morgan fingerprint density at radius 3 is 2.77 bits per heavy atom. The lowest BCUT2D eigenvalue weighted by Gasteiger charge is -2.29. The molecule has 0 aromatic heterocycles. The molecule has 2 nitrogen and oxygen atoms in total. The summed E-state index contributed by atoms with van der Waals surface area (Å²) < 4.78 is 0.772. The first-order chi connectivity index (χ1) is 5.88. The summed E-state index contributed by atoms with van der Waals surface area (Å²) >= 11 is 9.13. The summed E-state index contributed by atoms with van der Waals surface area (Å²) in [4.78, 5) is 11.0. The van der Waals surface area contributed by atoms with Gasteiger partial charge in [-0.15, -0.1) is 0 Å². The predicted molar refractivity (Wildman–Crippen MR) is 55.9 cm³/mol. The highest BCUT2D eigenvalue weighted by molar-refractivity contribution is 9.11. The average molecular weight is 266 g/mol. The molecule has 1 aliphatic rings. The van der Waals surface area contributed by atoms with Crippen LogP contribution in [0.2, 0.25) is 0 Å². The number of carboxylic acids is 1. The zero-order chi connectivity index (χ0) is 10.2. The van der Waals surface area contributed by atoms with Gasteiger partial charge < -0.3 is 5.11 Å². The molecule has 0 bridgehead atoms. The molecule has 0 aromatic rings. The first-order valence-electron chi connectivity index (χ1n) is 3.84. The molecule has 1 atom stereocenters. The van der Waals surface area contributed by atoms with E-state index in [9.17, 15) is 4.79 Å². The second-order valence-electron chi connectivity index (χ2n) is 3.38. The number of carboxylic acid groups (broad SMARTS) is 1. The lowest BCUT2D eigenvalue weighted by atomic mass is 9.77. The van der Waals surface area contributed by atoms with Crippen LogP contribution in [0.4, 0.5) is 0 Å². The number of aliphatic carboxylic acids is 1. The van der Waals surface area contributed by atoms with Crippen LogP contribution in [0.5, 0.6) is 0 Å². The molecular weight excluding hydrogens is 255 g/mol. The molecule has 0 fully saturated rings. The van der Waals surface area contributed by atoms with Crippen molar-refractivity contribution in [2.75, 3.05) is 0 Å². The van der Waals surface area contributed by atoms with E-state index in [0.29, 0.717) is 11.5 Å². The number of carbonyl (C=O) groups is 1. The third kappa shape index (κ3) is 1.81. The van der Waals surface area contributed by atoms with E-state index in [-0.39, 0.29) is 0 Å². The molecule has 1 aliphatic carbocycles. The summed E-state index contributed by atoms with van der Waals surface area (Å²) in [5.74, 6) is -0.840. The highest BCUT2D eigenvalue weighted by Crippen LogP contribution is 2.43. The van der Waals surface area contributed by atoms with E-state index in [1.807, 2.05) is 0 Å². The van der Waals surface area contributed by atoms with Crippen LogP contribution in [0, 0.1) is 5.41 Å². The third-order valence-corrected chi connectivity index (χ3v) is 3.53. The minimum atomic E-state index is -0.870. The smallest absolute Gasteiger partial charge is 0.313 e. The van der Waals surface area contributed by atoms with E-state index >= 15 is 0 Å². The fourth-order valence-corrected chi connectivity index (χ4v) is 2.49. The summed E-state index contributed by atoms with van der Waals surface area (Å²) in [5, 5.41) is 9.63. The fourth-order valence-electron chi connectivity index (χ4n) is 1.27. The Kier molecular flexibility index (Phi) is 2.88. The van der Waals surface area contributed by atoms with Crippen LogP contribution in [-0.4, -0.2) is 11.1 Å². The number of hydrogen-bond acceptors (Lipinski definition) is 1. The van der Waals surface area contributed by atoms with E-state index in [0.717, 1.165) is 10.1 Å². The van der Waals surface area contributed by atoms with Crippen molar-refractivity contribution >= 4 is 33.5 Å². The van der Waals surface area contributed by atoms with Gasteiger partial charge in [-0.25, -0.2) is 0 Å². The van der Waals surface area contributed by atoms with Crippen molar-refractivity contribution in [3.63, 3.8) is 0 Å². The van der Waals surface area contributed by atoms with Gasteiger partial charge in [0.25, 0.3) is 0 Å². The molecule has 72 valence electrons. The van der Waals surface area contributed by atoms with Crippen LogP contribution >= 0.6 is 27.5 Å². The second kappa shape index (κ2) is 3.46. The van der Waals surface area contributed by atoms with Crippen LogP contribution < -0.4 is 0 Å². The molecule has 1 rings (SSSR count). The maximum Gasteiger partial charge on any atom is 0.313 e. The summed E-state index contributed by atoms with van der Waals surface area (Å²) in [6, 6.07) is 0. The van der Waals surface area contributed by atoms with Crippen molar-refractivity contribution in [3.05, 3.63) is 21.2 Å². The largest absolute Gasteiger partial charge is 0.481 e. The predicted octanol–water partition coefficient (Wildman–Crippen LogP) is 3.27. The van der Waals surface area contributed by atoms with E-state index in [1.165, 1.54) is 0 Å². The third-order valence-electron chi connectivity index (χ3n) is 2.46. The van der Waals surface area contributed by atoms with Crippen molar-refractivity contribution in [2.45, 2.75) is 20.3 Å². The van der Waals surface area contributed by atoms with Crippen molar-refractivity contribution < 1.29 is 9.90 Å². The van der Waals surface area contributed by atoms with Crippen LogP contribution in [0.3, 0.4) is 0 Å². The number of allylic oxidation sites excluding steroid dienone is 3. The minimum absolute atomic E-state index is 0.366. The Morgan fingerprint density at radius 2 is 2.31 bits per heavy atom. The fraction of sp³-hybridized carbons (Fsp3) is 0.444. The van der Waals surface area contributed by atoms with Gasteiger partial charge in [-0.2, -0.15) is 0 Å². The lowest BCUT2D eigenvalue weighted by Crippen LogP contribution is -2.30. The molecule has 0 saturated carbocycles. The van der Waals surface area contributed by atoms with Crippen molar-refractivity contribution in [3.8, 4) is 0 Å². The van der Waals surface area contributed by atoms with Crippen LogP contribution in [0.25, 0.3) is 0 Å². The summed E-state index contributed by atoms with van der Waals surface area (Å²) in [6.07, 6.45) is 2.12. The molecule has 4 heteroatoms. The first kappa shape index (κ1) is 10.8. The molecule has 0 amide bonds. The monoisotopic (exact) mass is 264 g/mol. The highest BCUT2D eigenvalue weighted by Gasteiger charge is 2.38. The van der Waals surface area contributed by atoms with Crippen LogP contribution in [0.1, 0.15) is 20.3 Å². The maximum absolute atomic E-state index is 11.0. The van der Waals surface area contributed by atoms with Gasteiger partial charge in [0.15, 0.2) is 0 Å². The number of halogens is 2. The van der Waals surface area contributed by atoms with Gasteiger partial charge in [-0.3, -0.25) is 4.79 Å². The molecule has 13 heavy (non-hydrogen) atoms. The molecule has 0 radical (unpaired) electrons. The van der Waals surface area contributed by atoms with Gasteiger partial charge in [-0.05, 0) is 25.5 Å². The zero-order valence-corrected chi connectivity index (χ0v) is 9.74. The van der Waals surface area contributed by atoms with E-state index in [2.05, 4.69) is 15.9 Å². The molecule has 1 unspecified atom stereocenters. The Labute approximate surface area is 90.4 Å². The molecular formula is C9H10BrClO2. The van der Waals surface area contributed by atoms with E-state index in [1.54, 1.807) is 19.9 Å². The van der Waals surface area contributed by atoms with E-state index < -0.39 is 11.4 Å². The van der Waals surface area contributed by atoms with Crippen molar-refractivity contribution in [2.24, 2.45) is 5.41 Å². The zero-order valence-electron chi connectivity index (χ0n) is 7.40. The van der Waals surface area contributed by atoms with Crippen molar-refractivity contribution in [1.82, 2.24) is 0 Å². The Bertz CT molecular complexity index is 320. The summed E-state index contributed by atoms with van der Waals surface area (Å²) in [6.45, 7) is 3.49. The Morgan fingerprint density at radius 1 is 1.77 bits per heavy atom. The second-order valence-corrected chi connectivity index (χ2v) is 4.72. The Hall–Kier alpha value is -0.280. The molecule has 0 aliphatic heterocycles. The SMILES string of the molecule is CC1=C(Br)C=C(Cl)CC1(C)C(=O)O. The summed E-state index contributed by atoms with van der Waals surface area (Å²) in [5.41, 5.74) is -0.0607. The van der Waals surface area contributed by atoms with Crippen molar-refractivity contribution in [1.29, 1.82) is 0 Å². The number of hydrogen-bond donors (Lipinski definition) is 1. The summed E-state index contributed by atoms with van der Waals surface area (Å²) in [7, 11) is 0. The maximum atomic E-state index is 11.0. The van der Waals surface area contributed by atoms with Gasteiger partial charge in [-0.1, -0.05) is 27.5 Å². The van der Waals surface area contributed by atoms with Gasteiger partial charge in [0.1, 0.15) is 0 Å². The number of rotatable bonds is 1. The highest BCUT2D eigenvalue weighted by atomic mass is 79.9. The average Bonchev–Trinajstić information content (AvgIpc) is 1.99. The first-order valence-corrected chi connectivity index (χ1v) is 5.01. The van der Waals surface area contributed by atoms with Gasteiger partial charge in [0.2, 0.25) is 0 Å². The van der Waals surface area contributed by atoms with Gasteiger partial charge in [0.05, 0.1) is 5.41 Å². The van der Waals surface area contributed by atoms with Gasteiger partial charge >= 0.3 is 5.97 Å². The molecule has 0 spiro atoms. The molecule has 0 heterocycles. The van der Waals surface area contributed by atoms with Crippen LogP contribution in [-0.2, 0) is 4.79 Å². The lowest BCUT2D eigenvalue weighted by molar-refractivity contribution is -0.145. The topological polar surface area (TPSA) is 37.3 Å².